The van der Waals surface area contributed by atoms with E-state index in [1.54, 1.807) is 30.3 Å². The lowest BCUT2D eigenvalue weighted by atomic mass is 9.86. The standard InChI is InChI=1S/C20H23N3O3/c1-12-8-17-19(18(25)9-12)16(10-21-17)20(26)22-15-6-4-14(5-7-15)11-23(3)13(2)24/h4-7,10,12,21H,8-9,11H2,1-3H3,(H,22,26). The van der Waals surface area contributed by atoms with Gasteiger partial charge >= 0.3 is 0 Å². The molecule has 2 amide bonds. The van der Waals surface area contributed by atoms with Gasteiger partial charge in [0.05, 0.1) is 11.1 Å². The molecule has 3 rings (SSSR count). The quantitative estimate of drug-likeness (QED) is 0.886. The molecule has 1 unspecified atom stereocenters. The molecule has 0 aliphatic heterocycles. The molecule has 1 aliphatic carbocycles. The second kappa shape index (κ2) is 7.15. The van der Waals surface area contributed by atoms with E-state index in [1.165, 1.54) is 6.92 Å². The number of anilines is 1. The van der Waals surface area contributed by atoms with Gasteiger partial charge in [-0.25, -0.2) is 0 Å². The van der Waals surface area contributed by atoms with Crippen LogP contribution in [-0.2, 0) is 17.8 Å². The lowest BCUT2D eigenvalue weighted by molar-refractivity contribution is -0.128. The van der Waals surface area contributed by atoms with Crippen molar-refractivity contribution in [1.82, 2.24) is 9.88 Å². The van der Waals surface area contributed by atoms with Crippen LogP contribution in [0.4, 0.5) is 5.69 Å². The molecule has 0 bridgehead atoms. The summed E-state index contributed by atoms with van der Waals surface area (Å²) in [4.78, 5) is 40.9. The van der Waals surface area contributed by atoms with Crippen molar-refractivity contribution in [3.63, 3.8) is 0 Å². The van der Waals surface area contributed by atoms with Crippen LogP contribution in [0.3, 0.4) is 0 Å². The van der Waals surface area contributed by atoms with Crippen LogP contribution in [0.15, 0.2) is 30.5 Å². The fourth-order valence-corrected chi connectivity index (χ4v) is 3.24. The van der Waals surface area contributed by atoms with Gasteiger partial charge < -0.3 is 15.2 Å². The minimum atomic E-state index is -0.293. The summed E-state index contributed by atoms with van der Waals surface area (Å²) < 4.78 is 0. The Morgan fingerprint density at radius 3 is 2.58 bits per heavy atom. The van der Waals surface area contributed by atoms with Crippen molar-refractivity contribution in [2.75, 3.05) is 12.4 Å². The molecular weight excluding hydrogens is 330 g/mol. The van der Waals surface area contributed by atoms with Crippen LogP contribution in [0, 0.1) is 5.92 Å². The molecule has 26 heavy (non-hydrogen) atoms. The zero-order chi connectivity index (χ0) is 18.8. The van der Waals surface area contributed by atoms with Gasteiger partial charge in [0.1, 0.15) is 0 Å². The summed E-state index contributed by atoms with van der Waals surface area (Å²) in [5.41, 5.74) is 3.40. The zero-order valence-corrected chi connectivity index (χ0v) is 15.3. The summed E-state index contributed by atoms with van der Waals surface area (Å²) in [5.74, 6) is 0.0237. The Balaban J connectivity index is 1.71. The van der Waals surface area contributed by atoms with Crippen molar-refractivity contribution < 1.29 is 14.4 Å². The molecule has 0 fully saturated rings. The molecule has 1 aromatic heterocycles. The molecule has 1 aromatic carbocycles. The summed E-state index contributed by atoms with van der Waals surface area (Å²) in [6, 6.07) is 7.33. The number of nitrogens with zero attached hydrogens (tertiary/aromatic N) is 1. The molecule has 1 heterocycles. The van der Waals surface area contributed by atoms with E-state index >= 15 is 0 Å². The van der Waals surface area contributed by atoms with E-state index < -0.39 is 0 Å². The van der Waals surface area contributed by atoms with Gasteiger partial charge in [-0.1, -0.05) is 19.1 Å². The summed E-state index contributed by atoms with van der Waals surface area (Å²) in [6.45, 7) is 4.07. The van der Waals surface area contributed by atoms with Crippen molar-refractivity contribution in [2.24, 2.45) is 5.92 Å². The summed E-state index contributed by atoms with van der Waals surface area (Å²) in [6.07, 6.45) is 2.88. The summed E-state index contributed by atoms with van der Waals surface area (Å²) in [7, 11) is 1.74. The highest BCUT2D eigenvalue weighted by Gasteiger charge is 2.29. The number of nitrogens with one attached hydrogen (secondary N) is 2. The van der Waals surface area contributed by atoms with Gasteiger partial charge in [0, 0.05) is 44.5 Å². The number of carbonyl (C=O) groups is 3. The molecule has 136 valence electrons. The summed E-state index contributed by atoms with van der Waals surface area (Å²) in [5, 5.41) is 2.84. The smallest absolute Gasteiger partial charge is 0.257 e. The van der Waals surface area contributed by atoms with Crippen LogP contribution in [0.1, 0.15) is 52.2 Å². The third-order valence-electron chi connectivity index (χ3n) is 4.74. The highest BCUT2D eigenvalue weighted by Crippen LogP contribution is 2.28. The van der Waals surface area contributed by atoms with Crippen LogP contribution < -0.4 is 5.32 Å². The van der Waals surface area contributed by atoms with E-state index in [0.29, 0.717) is 35.7 Å². The van der Waals surface area contributed by atoms with Gasteiger partial charge in [-0.2, -0.15) is 0 Å². The van der Waals surface area contributed by atoms with Crippen molar-refractivity contribution in [3.05, 3.63) is 52.8 Å². The van der Waals surface area contributed by atoms with Gasteiger partial charge in [0.15, 0.2) is 5.78 Å². The lowest BCUT2D eigenvalue weighted by Gasteiger charge is -2.18. The van der Waals surface area contributed by atoms with E-state index in [-0.39, 0.29) is 17.6 Å². The predicted octanol–water partition coefficient (Wildman–Crippen LogP) is 3.01. The number of aromatic amines is 1. The van der Waals surface area contributed by atoms with Crippen LogP contribution in [0.25, 0.3) is 0 Å². The SMILES string of the molecule is CC(=O)N(C)Cc1ccc(NC(=O)c2c[nH]c3c2C(=O)CC(C)C3)cc1. The number of fused-ring (bicyclic) bond motifs is 1. The van der Waals surface area contributed by atoms with Gasteiger partial charge in [-0.05, 0) is 30.0 Å². The number of ketones is 1. The van der Waals surface area contributed by atoms with E-state index in [2.05, 4.69) is 10.3 Å². The molecule has 0 saturated heterocycles. The van der Waals surface area contributed by atoms with E-state index in [0.717, 1.165) is 17.7 Å². The Kier molecular flexibility index (Phi) is 4.93. The Morgan fingerprint density at radius 1 is 1.23 bits per heavy atom. The van der Waals surface area contributed by atoms with Gasteiger partial charge in [0.25, 0.3) is 5.91 Å². The largest absolute Gasteiger partial charge is 0.364 e. The number of hydrogen-bond acceptors (Lipinski definition) is 3. The van der Waals surface area contributed by atoms with E-state index in [1.807, 2.05) is 19.1 Å². The fourth-order valence-electron chi connectivity index (χ4n) is 3.24. The van der Waals surface area contributed by atoms with Crippen molar-refractivity contribution in [2.45, 2.75) is 33.2 Å². The third-order valence-corrected chi connectivity index (χ3v) is 4.74. The number of benzene rings is 1. The highest BCUT2D eigenvalue weighted by atomic mass is 16.2. The minimum absolute atomic E-state index is 0.00130. The molecule has 2 aromatic rings. The molecule has 6 heteroatoms. The average Bonchev–Trinajstić information content (AvgIpc) is 3.00. The normalized spacial score (nSPS) is 16.1. The first-order valence-corrected chi connectivity index (χ1v) is 8.70. The van der Waals surface area contributed by atoms with Gasteiger partial charge in [-0.3, -0.25) is 14.4 Å². The first-order valence-electron chi connectivity index (χ1n) is 8.70. The molecule has 2 N–H and O–H groups in total. The average molecular weight is 353 g/mol. The fraction of sp³-hybridized carbons (Fsp3) is 0.350. The first-order chi connectivity index (χ1) is 12.3. The maximum atomic E-state index is 12.6. The molecule has 1 atom stereocenters. The molecule has 1 aliphatic rings. The number of Topliss-reactive ketones (excluding diaryl/α,β-unsaturated/α-hetero) is 1. The topological polar surface area (TPSA) is 82.3 Å². The number of hydrogen-bond donors (Lipinski definition) is 2. The second-order valence-corrected chi connectivity index (χ2v) is 7.02. The maximum absolute atomic E-state index is 12.6. The molecule has 6 nitrogen and oxygen atoms in total. The molecule has 0 saturated carbocycles. The first kappa shape index (κ1) is 17.9. The Morgan fingerprint density at radius 2 is 1.92 bits per heavy atom. The highest BCUT2D eigenvalue weighted by molar-refractivity contribution is 6.13. The Hall–Kier alpha value is -2.89. The Bertz CT molecular complexity index is 852. The van der Waals surface area contributed by atoms with Crippen LogP contribution in [0.5, 0.6) is 0 Å². The minimum Gasteiger partial charge on any atom is -0.364 e. The number of rotatable bonds is 4. The summed E-state index contributed by atoms with van der Waals surface area (Å²) >= 11 is 0. The van der Waals surface area contributed by atoms with Crippen LogP contribution in [0.2, 0.25) is 0 Å². The number of carbonyl (C=O) groups excluding carboxylic acids is 3. The van der Waals surface area contributed by atoms with Crippen molar-refractivity contribution in [3.8, 4) is 0 Å². The van der Waals surface area contributed by atoms with Gasteiger partial charge in [-0.15, -0.1) is 0 Å². The lowest BCUT2D eigenvalue weighted by Crippen LogP contribution is -2.23. The maximum Gasteiger partial charge on any atom is 0.257 e. The zero-order valence-electron chi connectivity index (χ0n) is 15.3. The number of H-pyrrole nitrogens is 1. The number of aromatic nitrogens is 1. The second-order valence-electron chi connectivity index (χ2n) is 7.02. The molecular formula is C20H23N3O3. The van der Waals surface area contributed by atoms with Crippen LogP contribution >= 0.6 is 0 Å². The number of amides is 2. The van der Waals surface area contributed by atoms with E-state index in [9.17, 15) is 14.4 Å². The van der Waals surface area contributed by atoms with Crippen molar-refractivity contribution in [1.29, 1.82) is 0 Å². The van der Waals surface area contributed by atoms with Crippen LogP contribution in [-0.4, -0.2) is 34.5 Å². The molecule has 0 radical (unpaired) electrons. The van der Waals surface area contributed by atoms with Crippen molar-refractivity contribution >= 4 is 23.3 Å². The van der Waals surface area contributed by atoms with Gasteiger partial charge in [0.2, 0.25) is 5.91 Å². The third kappa shape index (κ3) is 3.69. The molecule has 0 spiro atoms. The monoisotopic (exact) mass is 353 g/mol. The Labute approximate surface area is 152 Å². The predicted molar refractivity (Wildman–Crippen MR) is 99.2 cm³/mol. The van der Waals surface area contributed by atoms with E-state index in [4.69, 9.17) is 0 Å².